The number of hydrogen-bond acceptors (Lipinski definition) is 3. The lowest BCUT2D eigenvalue weighted by molar-refractivity contribution is -0.137. The van der Waals surface area contributed by atoms with Gasteiger partial charge in [0, 0.05) is 11.6 Å². The van der Waals surface area contributed by atoms with Crippen LogP contribution in [0.5, 0.6) is 0 Å². The Hall–Kier alpha value is -0.910. The lowest BCUT2D eigenvalue weighted by Crippen LogP contribution is -2.35. The molecule has 0 atom stereocenters. The summed E-state index contributed by atoms with van der Waals surface area (Å²) in [6.45, 7) is 0.824. The molecule has 1 aliphatic carbocycles. The molecule has 2 rings (SSSR count). The minimum absolute atomic E-state index is 0.0686. The fourth-order valence-corrected chi connectivity index (χ4v) is 2.14. The summed E-state index contributed by atoms with van der Waals surface area (Å²) in [5.41, 5.74) is 3.15. The van der Waals surface area contributed by atoms with E-state index in [1.165, 1.54) is 0 Å². The molecule has 0 radical (unpaired) electrons. The molecule has 1 N–H and O–H groups in total. The van der Waals surface area contributed by atoms with Gasteiger partial charge >= 0.3 is 0 Å². The third kappa shape index (κ3) is 2.91. The van der Waals surface area contributed by atoms with Gasteiger partial charge in [-0.1, -0.05) is 28.1 Å². The molecular weight excluding hydrogens is 298 g/mol. The number of nitrogens with one attached hydrogen (secondary N) is 1. The van der Waals surface area contributed by atoms with E-state index < -0.39 is 5.41 Å². The largest absolute Gasteiger partial charge is 0.382 e. The van der Waals surface area contributed by atoms with Crippen molar-refractivity contribution in [3.8, 4) is 0 Å². The lowest BCUT2D eigenvalue weighted by Gasteiger charge is -2.15. The highest BCUT2D eigenvalue weighted by Crippen LogP contribution is 2.48. The van der Waals surface area contributed by atoms with E-state index in [0.717, 1.165) is 22.9 Å². The van der Waals surface area contributed by atoms with Gasteiger partial charge in [0.1, 0.15) is 0 Å². The van der Waals surface area contributed by atoms with Gasteiger partial charge < -0.3 is 4.74 Å². The Morgan fingerprint density at radius 1 is 1.33 bits per heavy atom. The average Bonchev–Trinajstić information content (AvgIpc) is 3.17. The molecule has 98 valence electrons. The first kappa shape index (κ1) is 13.5. The van der Waals surface area contributed by atoms with Gasteiger partial charge in [0.2, 0.25) is 0 Å². The molecule has 1 saturated carbocycles. The van der Waals surface area contributed by atoms with E-state index in [4.69, 9.17) is 9.57 Å². The van der Waals surface area contributed by atoms with Crippen molar-refractivity contribution in [2.24, 2.45) is 0 Å². The van der Waals surface area contributed by atoms with E-state index in [9.17, 15) is 4.79 Å². The maximum atomic E-state index is 12.1. The van der Waals surface area contributed by atoms with Crippen LogP contribution in [-0.4, -0.2) is 26.2 Å². The van der Waals surface area contributed by atoms with E-state index in [1.807, 2.05) is 24.3 Å². The molecular formula is C13H16BrNO3. The van der Waals surface area contributed by atoms with Crippen molar-refractivity contribution >= 4 is 21.8 Å². The van der Waals surface area contributed by atoms with E-state index in [-0.39, 0.29) is 5.91 Å². The smallest absolute Gasteiger partial charge is 0.254 e. The Morgan fingerprint density at radius 3 is 2.56 bits per heavy atom. The maximum absolute atomic E-state index is 12.1. The number of halogens is 1. The van der Waals surface area contributed by atoms with E-state index in [2.05, 4.69) is 21.4 Å². The number of rotatable bonds is 6. The van der Waals surface area contributed by atoms with Crippen LogP contribution < -0.4 is 5.48 Å². The van der Waals surface area contributed by atoms with Gasteiger partial charge in [-0.05, 0) is 30.5 Å². The van der Waals surface area contributed by atoms with Crippen molar-refractivity contribution in [3.05, 3.63) is 34.3 Å². The third-order valence-corrected chi connectivity index (χ3v) is 3.66. The van der Waals surface area contributed by atoms with Crippen LogP contribution in [0, 0.1) is 0 Å². The minimum Gasteiger partial charge on any atom is -0.382 e. The van der Waals surface area contributed by atoms with Crippen LogP contribution in [-0.2, 0) is 19.8 Å². The first-order valence-electron chi connectivity index (χ1n) is 5.86. The zero-order chi connectivity index (χ0) is 13.0. The summed E-state index contributed by atoms with van der Waals surface area (Å²) in [5, 5.41) is 0. The standard InChI is InChI=1S/C13H16BrNO3/c1-17-8-9-18-15-12(16)13(6-7-13)10-2-4-11(14)5-3-10/h2-5H,6-9H2,1H3,(H,15,16). The Labute approximate surface area is 115 Å². The predicted molar refractivity (Wildman–Crippen MR) is 71.0 cm³/mol. The van der Waals surface area contributed by atoms with Gasteiger partial charge in [0.25, 0.3) is 5.91 Å². The highest BCUT2D eigenvalue weighted by Gasteiger charge is 2.51. The topological polar surface area (TPSA) is 47.6 Å². The molecule has 1 amide bonds. The first-order valence-corrected chi connectivity index (χ1v) is 6.65. The number of ether oxygens (including phenoxy) is 1. The summed E-state index contributed by atoms with van der Waals surface area (Å²) in [7, 11) is 1.59. The van der Waals surface area contributed by atoms with E-state index in [1.54, 1.807) is 7.11 Å². The molecule has 1 fully saturated rings. The van der Waals surface area contributed by atoms with Crippen LogP contribution in [0.3, 0.4) is 0 Å². The van der Waals surface area contributed by atoms with Crippen LogP contribution in [0.4, 0.5) is 0 Å². The summed E-state index contributed by atoms with van der Waals surface area (Å²) >= 11 is 3.39. The lowest BCUT2D eigenvalue weighted by atomic mass is 9.95. The summed E-state index contributed by atoms with van der Waals surface area (Å²) in [6, 6.07) is 7.86. The van der Waals surface area contributed by atoms with Crippen LogP contribution in [0.25, 0.3) is 0 Å². The number of hydroxylamine groups is 1. The van der Waals surface area contributed by atoms with Gasteiger partial charge in [-0.15, -0.1) is 0 Å². The van der Waals surface area contributed by atoms with Crippen molar-refractivity contribution < 1.29 is 14.4 Å². The highest BCUT2D eigenvalue weighted by molar-refractivity contribution is 9.10. The second kappa shape index (κ2) is 5.82. The molecule has 4 nitrogen and oxygen atoms in total. The van der Waals surface area contributed by atoms with Crippen molar-refractivity contribution in [1.82, 2.24) is 5.48 Å². The second-order valence-electron chi connectivity index (χ2n) is 4.36. The van der Waals surface area contributed by atoms with E-state index in [0.29, 0.717) is 13.2 Å². The number of methoxy groups -OCH3 is 1. The molecule has 0 spiro atoms. The van der Waals surface area contributed by atoms with Crippen LogP contribution in [0.15, 0.2) is 28.7 Å². The zero-order valence-corrected chi connectivity index (χ0v) is 11.8. The van der Waals surface area contributed by atoms with E-state index >= 15 is 0 Å². The molecule has 1 aliphatic rings. The van der Waals surface area contributed by atoms with Gasteiger partial charge in [0.15, 0.2) is 0 Å². The highest BCUT2D eigenvalue weighted by atomic mass is 79.9. The number of amides is 1. The number of hydrogen-bond donors (Lipinski definition) is 1. The Kier molecular flexibility index (Phi) is 4.37. The summed E-state index contributed by atoms with van der Waals surface area (Å²) in [4.78, 5) is 17.2. The third-order valence-electron chi connectivity index (χ3n) is 3.14. The van der Waals surface area contributed by atoms with Gasteiger partial charge in [-0.3, -0.25) is 9.63 Å². The average molecular weight is 314 g/mol. The summed E-state index contributed by atoms with van der Waals surface area (Å²) in [6.07, 6.45) is 1.74. The van der Waals surface area contributed by atoms with Gasteiger partial charge in [0.05, 0.1) is 18.6 Å². The minimum atomic E-state index is -0.395. The van der Waals surface area contributed by atoms with Crippen LogP contribution in [0.1, 0.15) is 18.4 Å². The normalized spacial score (nSPS) is 16.3. The molecule has 0 aliphatic heterocycles. The molecule has 0 saturated heterocycles. The predicted octanol–water partition coefficient (Wildman–Crippen LogP) is 2.17. The SMILES string of the molecule is COCCONC(=O)C1(c2ccc(Br)cc2)CC1. The first-order chi connectivity index (χ1) is 8.69. The van der Waals surface area contributed by atoms with Crippen molar-refractivity contribution in [2.45, 2.75) is 18.3 Å². The molecule has 0 heterocycles. The van der Waals surface area contributed by atoms with Gasteiger partial charge in [-0.25, -0.2) is 5.48 Å². The molecule has 0 unspecified atom stereocenters. The fraction of sp³-hybridized carbons (Fsp3) is 0.462. The quantitative estimate of drug-likeness (QED) is 0.647. The van der Waals surface area contributed by atoms with Crippen molar-refractivity contribution in [1.29, 1.82) is 0 Å². The Morgan fingerprint density at radius 2 is 2.00 bits per heavy atom. The number of carbonyl (C=O) groups is 1. The summed E-state index contributed by atoms with van der Waals surface area (Å²) in [5.74, 6) is -0.0686. The molecule has 0 bridgehead atoms. The van der Waals surface area contributed by atoms with Crippen molar-refractivity contribution in [2.75, 3.05) is 20.3 Å². The van der Waals surface area contributed by atoms with Crippen LogP contribution in [0.2, 0.25) is 0 Å². The fourth-order valence-electron chi connectivity index (χ4n) is 1.88. The Balaban J connectivity index is 1.94. The Bertz CT molecular complexity index is 415. The zero-order valence-electron chi connectivity index (χ0n) is 10.2. The summed E-state index contributed by atoms with van der Waals surface area (Å²) < 4.78 is 5.85. The number of carbonyl (C=O) groups excluding carboxylic acids is 1. The molecule has 0 aromatic heterocycles. The van der Waals surface area contributed by atoms with Gasteiger partial charge in [-0.2, -0.15) is 0 Å². The second-order valence-corrected chi connectivity index (χ2v) is 5.28. The molecule has 1 aromatic carbocycles. The van der Waals surface area contributed by atoms with Crippen molar-refractivity contribution in [3.63, 3.8) is 0 Å². The molecule has 5 heteroatoms. The molecule has 1 aromatic rings. The van der Waals surface area contributed by atoms with Crippen LogP contribution >= 0.6 is 15.9 Å². The maximum Gasteiger partial charge on any atom is 0.254 e. The number of benzene rings is 1. The molecule has 18 heavy (non-hydrogen) atoms. The monoisotopic (exact) mass is 313 g/mol.